The molecule has 0 amide bonds. The Morgan fingerprint density at radius 1 is 1.56 bits per heavy atom. The molecule has 0 aromatic carbocycles. The Hall–Kier alpha value is -1.82. The van der Waals surface area contributed by atoms with Crippen LogP contribution < -0.4 is 5.32 Å². The first-order chi connectivity index (χ1) is 9.24. The number of anilines is 1. The lowest BCUT2D eigenvalue weighted by molar-refractivity contribution is 0.0904. The molecule has 0 spiro atoms. The molecule has 0 radical (unpaired) electrons. The van der Waals surface area contributed by atoms with Crippen LogP contribution in [0.3, 0.4) is 0 Å². The summed E-state index contributed by atoms with van der Waals surface area (Å²) >= 11 is 5.87. The van der Waals surface area contributed by atoms with Crippen molar-refractivity contribution >= 4 is 23.2 Å². The van der Waals surface area contributed by atoms with E-state index in [1.807, 2.05) is 6.40 Å². The maximum Gasteiger partial charge on any atom is 0.308 e. The van der Waals surface area contributed by atoms with Gasteiger partial charge >= 0.3 is 5.82 Å². The van der Waals surface area contributed by atoms with Gasteiger partial charge in [-0.1, -0.05) is 18.2 Å². The predicted molar refractivity (Wildman–Crippen MR) is 68.7 cm³/mol. The Morgan fingerprint density at radius 3 is 3.00 bits per heavy atom. The zero-order valence-corrected chi connectivity index (χ0v) is 10.3. The SMILES string of the molecule is [2H]C#Cc1nc([N+]#[C-])c(Cl)nc1NC1CCOCC1. The molecule has 0 unspecified atom stereocenters. The van der Waals surface area contributed by atoms with Crippen molar-refractivity contribution < 1.29 is 6.11 Å². The summed E-state index contributed by atoms with van der Waals surface area (Å²) in [7, 11) is 0. The molecular formula is C12H11ClN4O. The monoisotopic (exact) mass is 263 g/mol. The number of aromatic nitrogens is 2. The van der Waals surface area contributed by atoms with E-state index in [9.17, 15) is 0 Å². The minimum atomic E-state index is -0.00283. The van der Waals surface area contributed by atoms with Crippen molar-refractivity contribution in [2.75, 3.05) is 18.5 Å². The fraction of sp³-hybridized carbons (Fsp3) is 0.417. The largest absolute Gasteiger partial charge is 0.381 e. The van der Waals surface area contributed by atoms with Gasteiger partial charge in [0.25, 0.3) is 0 Å². The zero-order valence-electron chi connectivity index (χ0n) is 10.5. The van der Waals surface area contributed by atoms with Gasteiger partial charge in [0.1, 0.15) is 1.37 Å². The highest BCUT2D eigenvalue weighted by atomic mass is 35.5. The zero-order chi connectivity index (χ0) is 13.7. The van der Waals surface area contributed by atoms with Crippen LogP contribution in [0.4, 0.5) is 11.6 Å². The van der Waals surface area contributed by atoms with Crippen molar-refractivity contribution in [3.63, 3.8) is 0 Å². The number of rotatable bonds is 2. The summed E-state index contributed by atoms with van der Waals surface area (Å²) in [6, 6.07) is 0.212. The Kier molecular flexibility index (Phi) is 3.56. The third kappa shape index (κ3) is 2.70. The van der Waals surface area contributed by atoms with E-state index in [1.54, 1.807) is 0 Å². The Balaban J connectivity index is 2.29. The summed E-state index contributed by atoms with van der Waals surface area (Å²) in [6.07, 6.45) is 3.74. The maximum atomic E-state index is 6.95. The van der Waals surface area contributed by atoms with E-state index in [0.29, 0.717) is 19.0 Å². The van der Waals surface area contributed by atoms with Gasteiger partial charge in [-0.3, -0.25) is 0 Å². The van der Waals surface area contributed by atoms with E-state index in [0.717, 1.165) is 12.8 Å². The van der Waals surface area contributed by atoms with E-state index < -0.39 is 0 Å². The molecule has 1 N–H and O–H groups in total. The first-order valence-corrected chi connectivity index (χ1v) is 5.84. The fourth-order valence-electron chi connectivity index (χ4n) is 1.70. The minimum absolute atomic E-state index is 0.00283. The highest BCUT2D eigenvalue weighted by Gasteiger charge is 2.19. The smallest absolute Gasteiger partial charge is 0.308 e. The maximum absolute atomic E-state index is 6.95. The van der Waals surface area contributed by atoms with E-state index in [4.69, 9.17) is 24.3 Å². The van der Waals surface area contributed by atoms with Gasteiger partial charge in [-0.25, -0.2) is 4.98 Å². The topological polar surface area (TPSA) is 51.4 Å². The van der Waals surface area contributed by atoms with Gasteiger partial charge in [0.05, 0.1) is 0 Å². The second kappa shape index (κ2) is 5.68. The van der Waals surface area contributed by atoms with Crippen LogP contribution >= 0.6 is 11.6 Å². The van der Waals surface area contributed by atoms with Crippen LogP contribution in [0.5, 0.6) is 0 Å². The van der Waals surface area contributed by atoms with Gasteiger partial charge in [0, 0.05) is 19.3 Å². The average Bonchev–Trinajstić information content (AvgIpc) is 2.43. The highest BCUT2D eigenvalue weighted by Crippen LogP contribution is 2.25. The molecule has 92 valence electrons. The van der Waals surface area contributed by atoms with Crippen LogP contribution in [0.1, 0.15) is 19.9 Å². The number of nitrogens with zero attached hydrogens (tertiary/aromatic N) is 3. The summed E-state index contributed by atoms with van der Waals surface area (Å²) in [5, 5.41) is 3.24. The molecule has 1 aromatic rings. The third-order valence-corrected chi connectivity index (χ3v) is 2.88. The van der Waals surface area contributed by atoms with Crippen LogP contribution in [0, 0.1) is 18.9 Å². The molecular weight excluding hydrogens is 252 g/mol. The lowest BCUT2D eigenvalue weighted by Gasteiger charge is -2.23. The summed E-state index contributed by atoms with van der Waals surface area (Å²) < 4.78 is 12.2. The number of nitrogens with one attached hydrogen (secondary N) is 1. The second-order valence-electron chi connectivity index (χ2n) is 3.80. The molecule has 0 atom stereocenters. The molecule has 2 rings (SSSR count). The molecule has 18 heavy (non-hydrogen) atoms. The molecule has 1 aromatic heterocycles. The van der Waals surface area contributed by atoms with Gasteiger partial charge in [-0.05, 0) is 18.8 Å². The van der Waals surface area contributed by atoms with Crippen LogP contribution in [-0.4, -0.2) is 29.2 Å². The quantitative estimate of drug-likeness (QED) is 0.657. The Labute approximate surface area is 112 Å². The minimum Gasteiger partial charge on any atom is -0.381 e. The van der Waals surface area contributed by atoms with E-state index in [-0.39, 0.29) is 22.7 Å². The van der Waals surface area contributed by atoms with Crippen molar-refractivity contribution in [1.29, 1.82) is 0 Å². The first kappa shape index (κ1) is 11.3. The van der Waals surface area contributed by atoms with Crippen LogP contribution in [-0.2, 0) is 4.74 Å². The van der Waals surface area contributed by atoms with Gasteiger partial charge in [-0.2, -0.15) is 0 Å². The molecule has 0 aliphatic carbocycles. The molecule has 0 saturated carbocycles. The van der Waals surface area contributed by atoms with E-state index >= 15 is 0 Å². The van der Waals surface area contributed by atoms with Crippen molar-refractivity contribution in [3.05, 3.63) is 22.3 Å². The van der Waals surface area contributed by atoms with Gasteiger partial charge in [0.15, 0.2) is 11.0 Å². The van der Waals surface area contributed by atoms with Crippen molar-refractivity contribution in [3.8, 4) is 12.3 Å². The fourth-order valence-corrected chi connectivity index (χ4v) is 1.87. The Bertz CT molecular complexity index is 570. The van der Waals surface area contributed by atoms with Crippen LogP contribution in [0.25, 0.3) is 4.85 Å². The molecule has 1 saturated heterocycles. The summed E-state index contributed by atoms with van der Waals surface area (Å²) in [4.78, 5) is 11.3. The van der Waals surface area contributed by atoms with Crippen molar-refractivity contribution in [1.82, 2.24) is 9.97 Å². The van der Waals surface area contributed by atoms with Crippen molar-refractivity contribution in [2.45, 2.75) is 18.9 Å². The summed E-state index contributed by atoms with van der Waals surface area (Å²) in [5.74, 6) is 2.93. The van der Waals surface area contributed by atoms with Gasteiger partial charge in [0.2, 0.25) is 5.69 Å². The van der Waals surface area contributed by atoms with Gasteiger partial charge in [-0.15, -0.1) is 11.4 Å². The van der Waals surface area contributed by atoms with Crippen LogP contribution in [0.15, 0.2) is 0 Å². The highest BCUT2D eigenvalue weighted by molar-refractivity contribution is 6.31. The molecule has 0 bridgehead atoms. The number of ether oxygens (including phenoxy) is 1. The number of halogens is 1. The summed E-state index contributed by atoms with van der Waals surface area (Å²) in [6.45, 7) is 8.33. The third-order valence-electron chi connectivity index (χ3n) is 2.62. The standard InChI is InChI=1S/C12H11ClN4O/c1-3-9-11(15-8-4-6-18-7-5-8)17-10(13)12(14-2)16-9/h1,8H,4-7H2,(H,15,17)/i1D. The number of hydrogen-bond acceptors (Lipinski definition) is 4. The molecule has 1 aliphatic rings. The molecule has 1 fully saturated rings. The molecule has 5 nitrogen and oxygen atoms in total. The Morgan fingerprint density at radius 2 is 2.33 bits per heavy atom. The predicted octanol–water partition coefficient (Wildman–Crippen LogP) is 2.25. The van der Waals surface area contributed by atoms with Crippen LogP contribution in [0.2, 0.25) is 5.15 Å². The molecule has 2 heterocycles. The first-order valence-electron chi connectivity index (χ1n) is 5.96. The normalized spacial score (nSPS) is 16.1. The average molecular weight is 264 g/mol. The number of hydrogen-bond donors (Lipinski definition) is 1. The van der Waals surface area contributed by atoms with E-state index in [1.165, 1.54) is 0 Å². The summed E-state index contributed by atoms with van der Waals surface area (Å²) in [5.41, 5.74) is 0.275. The van der Waals surface area contributed by atoms with E-state index in [2.05, 4.69) is 26.1 Å². The lowest BCUT2D eigenvalue weighted by Crippen LogP contribution is -2.28. The molecule has 6 heteroatoms. The van der Waals surface area contributed by atoms with Gasteiger partial charge < -0.3 is 14.9 Å². The molecule has 1 aliphatic heterocycles. The number of terminal acetylenes is 1. The lowest BCUT2D eigenvalue weighted by atomic mass is 10.1. The second-order valence-corrected chi connectivity index (χ2v) is 4.16. The van der Waals surface area contributed by atoms with Crippen molar-refractivity contribution in [2.24, 2.45) is 0 Å².